The van der Waals surface area contributed by atoms with E-state index in [-0.39, 0.29) is 17.8 Å². The van der Waals surface area contributed by atoms with Gasteiger partial charge in [0.15, 0.2) is 0 Å². The fraction of sp³-hybridized carbons (Fsp3) is 0.800. The maximum Gasteiger partial charge on any atom is 0.313 e. The van der Waals surface area contributed by atoms with Gasteiger partial charge in [0, 0.05) is 19.5 Å². The molecule has 2 fully saturated rings. The third-order valence-electron chi connectivity index (χ3n) is 4.47. The van der Waals surface area contributed by atoms with Gasteiger partial charge in [-0.1, -0.05) is 6.42 Å². The highest BCUT2D eigenvalue weighted by Gasteiger charge is 2.41. The van der Waals surface area contributed by atoms with Crippen LogP contribution >= 0.6 is 0 Å². The lowest BCUT2D eigenvalue weighted by Gasteiger charge is -2.39. The molecule has 2 atom stereocenters. The van der Waals surface area contributed by atoms with Crippen LogP contribution in [0, 0.1) is 5.41 Å². The number of piperidine rings is 1. The second kappa shape index (κ2) is 6.45. The van der Waals surface area contributed by atoms with Gasteiger partial charge in [0.1, 0.15) is 6.04 Å². The lowest BCUT2D eigenvalue weighted by atomic mass is 9.81. The van der Waals surface area contributed by atoms with Crippen molar-refractivity contribution in [3.05, 3.63) is 0 Å². The summed E-state index contributed by atoms with van der Waals surface area (Å²) in [4.78, 5) is 37.8. The molecule has 2 saturated heterocycles. The molecule has 0 aromatic heterocycles. The number of carbonyl (C=O) groups excluding carboxylic acids is 3. The van der Waals surface area contributed by atoms with Crippen molar-refractivity contribution < 1.29 is 19.1 Å². The molecule has 21 heavy (non-hydrogen) atoms. The molecule has 2 amide bonds. The molecule has 0 aliphatic carbocycles. The number of likely N-dealkylation sites (tertiary alicyclic amines) is 1. The molecule has 0 radical (unpaired) electrons. The van der Waals surface area contributed by atoms with E-state index >= 15 is 0 Å². The second-order valence-electron chi connectivity index (χ2n) is 6.28. The summed E-state index contributed by atoms with van der Waals surface area (Å²) < 4.78 is 4.86. The van der Waals surface area contributed by atoms with Crippen LogP contribution in [0.5, 0.6) is 0 Å². The summed E-state index contributed by atoms with van der Waals surface area (Å²) >= 11 is 0. The highest BCUT2D eigenvalue weighted by atomic mass is 16.5. The molecule has 2 rings (SSSR count). The minimum absolute atomic E-state index is 0.0569. The third-order valence-corrected chi connectivity index (χ3v) is 4.47. The molecule has 0 spiro atoms. The van der Waals surface area contributed by atoms with E-state index in [1.165, 1.54) is 7.11 Å². The van der Waals surface area contributed by atoms with Gasteiger partial charge >= 0.3 is 5.97 Å². The minimum atomic E-state index is -0.641. The van der Waals surface area contributed by atoms with Crippen LogP contribution in [0.2, 0.25) is 0 Å². The normalized spacial score (nSPS) is 30.3. The smallest absolute Gasteiger partial charge is 0.313 e. The number of hydrogen-bond acceptors (Lipinski definition) is 4. The number of methoxy groups -OCH3 is 1. The van der Waals surface area contributed by atoms with E-state index in [0.29, 0.717) is 25.9 Å². The first-order valence-electron chi connectivity index (χ1n) is 7.63. The van der Waals surface area contributed by atoms with Crippen LogP contribution in [0.15, 0.2) is 0 Å². The molecule has 6 heteroatoms. The van der Waals surface area contributed by atoms with Gasteiger partial charge in [-0.2, -0.15) is 0 Å². The van der Waals surface area contributed by atoms with Crippen molar-refractivity contribution in [2.24, 2.45) is 5.41 Å². The van der Waals surface area contributed by atoms with Crippen molar-refractivity contribution in [1.29, 1.82) is 0 Å². The maximum absolute atomic E-state index is 12.6. The quantitative estimate of drug-likeness (QED) is 0.766. The van der Waals surface area contributed by atoms with E-state index in [1.54, 1.807) is 4.90 Å². The average molecular weight is 296 g/mol. The Morgan fingerprint density at radius 2 is 2.10 bits per heavy atom. The Balaban J connectivity index is 2.04. The summed E-state index contributed by atoms with van der Waals surface area (Å²) in [5, 5.41) is 2.80. The van der Waals surface area contributed by atoms with Gasteiger partial charge in [0.05, 0.1) is 12.5 Å². The zero-order chi connectivity index (χ0) is 15.5. The third kappa shape index (κ3) is 3.54. The molecule has 2 unspecified atom stereocenters. The summed E-state index contributed by atoms with van der Waals surface area (Å²) in [6.45, 7) is 2.84. The van der Waals surface area contributed by atoms with E-state index in [4.69, 9.17) is 4.74 Å². The van der Waals surface area contributed by atoms with Crippen LogP contribution in [-0.2, 0) is 19.1 Å². The van der Waals surface area contributed by atoms with Gasteiger partial charge in [0.25, 0.3) is 0 Å². The van der Waals surface area contributed by atoms with Gasteiger partial charge in [-0.25, -0.2) is 0 Å². The Morgan fingerprint density at radius 1 is 1.33 bits per heavy atom. The predicted octanol–water partition coefficient (Wildman–Crippen LogP) is 0.847. The van der Waals surface area contributed by atoms with Crippen LogP contribution in [0.4, 0.5) is 0 Å². The highest BCUT2D eigenvalue weighted by molar-refractivity contribution is 5.88. The standard InChI is InChI=1S/C15H24N2O4/c1-15(14(20)21-2)8-5-9-17(10-15)13(19)11-6-3-4-7-12(18)16-11/h11H,3-10H2,1-2H3,(H,16,18). The molecular formula is C15H24N2O4. The Bertz CT molecular complexity index is 437. The summed E-state index contributed by atoms with van der Waals surface area (Å²) in [6, 6.07) is -0.444. The number of ether oxygens (including phenoxy) is 1. The Hall–Kier alpha value is -1.59. The summed E-state index contributed by atoms with van der Waals surface area (Å²) in [5.41, 5.74) is -0.641. The Labute approximate surface area is 125 Å². The van der Waals surface area contributed by atoms with Crippen LogP contribution < -0.4 is 5.32 Å². The van der Waals surface area contributed by atoms with Crippen molar-refractivity contribution in [3.63, 3.8) is 0 Å². The van der Waals surface area contributed by atoms with Crippen LogP contribution in [0.25, 0.3) is 0 Å². The van der Waals surface area contributed by atoms with Gasteiger partial charge in [-0.3, -0.25) is 14.4 Å². The zero-order valence-electron chi connectivity index (χ0n) is 12.8. The number of amides is 2. The van der Waals surface area contributed by atoms with Crippen molar-refractivity contribution in [3.8, 4) is 0 Å². The molecule has 0 aromatic rings. The van der Waals surface area contributed by atoms with Crippen molar-refractivity contribution in [2.45, 2.75) is 51.5 Å². The average Bonchev–Trinajstić information content (AvgIpc) is 2.70. The van der Waals surface area contributed by atoms with Crippen molar-refractivity contribution >= 4 is 17.8 Å². The number of nitrogens with one attached hydrogen (secondary N) is 1. The zero-order valence-corrected chi connectivity index (χ0v) is 12.8. The molecule has 2 aliphatic heterocycles. The first kappa shape index (κ1) is 15.8. The molecule has 118 valence electrons. The van der Waals surface area contributed by atoms with E-state index in [1.807, 2.05) is 6.92 Å². The van der Waals surface area contributed by atoms with Crippen molar-refractivity contribution in [2.75, 3.05) is 20.2 Å². The van der Waals surface area contributed by atoms with E-state index in [0.717, 1.165) is 25.7 Å². The fourth-order valence-corrected chi connectivity index (χ4v) is 3.22. The predicted molar refractivity (Wildman–Crippen MR) is 76.3 cm³/mol. The first-order chi connectivity index (χ1) is 9.96. The molecule has 2 aliphatic rings. The molecule has 0 aromatic carbocycles. The number of hydrogen-bond donors (Lipinski definition) is 1. The van der Waals surface area contributed by atoms with E-state index in [9.17, 15) is 14.4 Å². The van der Waals surface area contributed by atoms with Gasteiger partial charge in [0.2, 0.25) is 11.8 Å². The lowest BCUT2D eigenvalue weighted by Crippen LogP contribution is -2.54. The van der Waals surface area contributed by atoms with Gasteiger partial charge in [-0.05, 0) is 32.6 Å². The first-order valence-corrected chi connectivity index (χ1v) is 7.63. The summed E-state index contributed by atoms with van der Waals surface area (Å²) in [6.07, 6.45) is 4.37. The van der Waals surface area contributed by atoms with Gasteiger partial charge < -0.3 is 15.0 Å². The number of esters is 1. The Kier molecular flexibility index (Phi) is 4.85. The number of rotatable bonds is 2. The molecular weight excluding hydrogens is 272 g/mol. The molecule has 6 nitrogen and oxygen atoms in total. The SMILES string of the molecule is COC(=O)C1(C)CCCN(C(=O)C2CCCCC(=O)N2)C1. The van der Waals surface area contributed by atoms with Crippen LogP contribution in [0.1, 0.15) is 45.4 Å². The molecule has 1 N–H and O–H groups in total. The minimum Gasteiger partial charge on any atom is -0.469 e. The van der Waals surface area contributed by atoms with Gasteiger partial charge in [-0.15, -0.1) is 0 Å². The number of nitrogens with zero attached hydrogens (tertiary/aromatic N) is 1. The largest absolute Gasteiger partial charge is 0.469 e. The molecule has 0 saturated carbocycles. The van der Waals surface area contributed by atoms with E-state index in [2.05, 4.69) is 5.32 Å². The molecule has 0 bridgehead atoms. The lowest BCUT2D eigenvalue weighted by molar-refractivity contribution is -0.157. The van der Waals surface area contributed by atoms with Crippen LogP contribution in [-0.4, -0.2) is 48.9 Å². The molecule has 2 heterocycles. The van der Waals surface area contributed by atoms with Crippen molar-refractivity contribution in [1.82, 2.24) is 10.2 Å². The summed E-state index contributed by atoms with van der Waals surface area (Å²) in [5.74, 6) is -0.399. The monoisotopic (exact) mass is 296 g/mol. The van der Waals surface area contributed by atoms with Crippen LogP contribution in [0.3, 0.4) is 0 Å². The second-order valence-corrected chi connectivity index (χ2v) is 6.28. The number of carbonyl (C=O) groups is 3. The Morgan fingerprint density at radius 3 is 2.81 bits per heavy atom. The maximum atomic E-state index is 12.6. The topological polar surface area (TPSA) is 75.7 Å². The fourth-order valence-electron chi connectivity index (χ4n) is 3.22. The highest BCUT2D eigenvalue weighted by Crippen LogP contribution is 2.31. The van der Waals surface area contributed by atoms with E-state index < -0.39 is 11.5 Å². The summed E-state index contributed by atoms with van der Waals surface area (Å²) in [7, 11) is 1.37.